The third kappa shape index (κ3) is 3.88. The van der Waals surface area contributed by atoms with Crippen molar-refractivity contribution in [1.29, 1.82) is 0 Å². The van der Waals surface area contributed by atoms with Crippen LogP contribution in [0.4, 0.5) is 5.69 Å². The maximum Gasteiger partial charge on any atom is 0.193 e. The van der Waals surface area contributed by atoms with E-state index in [2.05, 4.69) is 34.3 Å². The largest absolute Gasteiger partial charge is 0.370 e. The van der Waals surface area contributed by atoms with Crippen LogP contribution in [0.25, 0.3) is 5.65 Å². The van der Waals surface area contributed by atoms with Gasteiger partial charge in [-0.1, -0.05) is 25.1 Å². The Hall–Kier alpha value is -2.82. The molecule has 0 unspecified atom stereocenters. The minimum atomic E-state index is 0.432. The van der Waals surface area contributed by atoms with E-state index in [-0.39, 0.29) is 0 Å². The summed E-state index contributed by atoms with van der Waals surface area (Å²) in [4.78, 5) is 8.92. The molecule has 0 amide bonds. The highest BCUT2D eigenvalue weighted by molar-refractivity contribution is 5.92. The molecule has 0 fully saturated rings. The Morgan fingerprint density at radius 3 is 3.00 bits per heavy atom. The van der Waals surface area contributed by atoms with Gasteiger partial charge < -0.3 is 15.5 Å². The first kappa shape index (κ1) is 15.1. The minimum absolute atomic E-state index is 0.432. The summed E-state index contributed by atoms with van der Waals surface area (Å²) in [5, 5.41) is 3.13. The van der Waals surface area contributed by atoms with Crippen molar-refractivity contribution in [1.82, 2.24) is 9.38 Å². The maximum atomic E-state index is 5.95. The number of aromatic nitrogens is 2. The Kier molecular flexibility index (Phi) is 4.57. The zero-order chi connectivity index (χ0) is 16.1. The van der Waals surface area contributed by atoms with Crippen LogP contribution in [0.15, 0.2) is 59.9 Å². The molecule has 0 spiro atoms. The minimum Gasteiger partial charge on any atom is -0.370 e. The highest BCUT2D eigenvalue weighted by atomic mass is 15.1. The van der Waals surface area contributed by atoms with Crippen molar-refractivity contribution in [2.45, 2.75) is 19.8 Å². The van der Waals surface area contributed by atoms with Gasteiger partial charge in [-0.2, -0.15) is 0 Å². The first-order valence-electron chi connectivity index (χ1n) is 7.83. The molecule has 118 valence electrons. The first-order valence-corrected chi connectivity index (χ1v) is 7.83. The van der Waals surface area contributed by atoms with Gasteiger partial charge in [0, 0.05) is 31.0 Å². The number of pyridine rings is 1. The van der Waals surface area contributed by atoms with E-state index >= 15 is 0 Å². The van der Waals surface area contributed by atoms with Crippen LogP contribution in [0.5, 0.6) is 0 Å². The van der Waals surface area contributed by atoms with Gasteiger partial charge in [0.1, 0.15) is 5.65 Å². The third-order valence-corrected chi connectivity index (χ3v) is 3.67. The summed E-state index contributed by atoms with van der Waals surface area (Å²) >= 11 is 0. The summed E-state index contributed by atoms with van der Waals surface area (Å²) in [7, 11) is 0. The fourth-order valence-electron chi connectivity index (χ4n) is 2.45. The van der Waals surface area contributed by atoms with Crippen molar-refractivity contribution in [3.8, 4) is 0 Å². The van der Waals surface area contributed by atoms with Crippen molar-refractivity contribution in [2.24, 2.45) is 10.7 Å². The molecule has 5 heteroatoms. The lowest BCUT2D eigenvalue weighted by Gasteiger charge is -2.06. The predicted molar refractivity (Wildman–Crippen MR) is 94.8 cm³/mol. The summed E-state index contributed by atoms with van der Waals surface area (Å²) in [6.45, 7) is 2.74. The lowest BCUT2D eigenvalue weighted by Crippen LogP contribution is -2.23. The van der Waals surface area contributed by atoms with Crippen LogP contribution in [0.1, 0.15) is 18.2 Å². The number of hydrogen-bond acceptors (Lipinski definition) is 2. The molecule has 2 heterocycles. The van der Waals surface area contributed by atoms with Gasteiger partial charge in [0.15, 0.2) is 5.96 Å². The van der Waals surface area contributed by atoms with Gasteiger partial charge in [0.25, 0.3) is 0 Å². The topological polar surface area (TPSA) is 67.7 Å². The molecule has 3 rings (SSSR count). The molecule has 0 bridgehead atoms. The summed E-state index contributed by atoms with van der Waals surface area (Å²) in [5.74, 6) is 0.432. The Bertz CT molecular complexity index is 786. The van der Waals surface area contributed by atoms with E-state index in [1.54, 1.807) is 0 Å². The van der Waals surface area contributed by atoms with Crippen molar-refractivity contribution in [3.05, 3.63) is 66.1 Å². The number of hydrogen-bond donors (Lipinski definition) is 2. The average Bonchev–Trinajstić information content (AvgIpc) is 2.97. The molecule has 23 heavy (non-hydrogen) atoms. The maximum absolute atomic E-state index is 5.95. The summed E-state index contributed by atoms with van der Waals surface area (Å²) < 4.78 is 2.01. The van der Waals surface area contributed by atoms with E-state index in [0.29, 0.717) is 12.5 Å². The molecule has 0 atom stereocenters. The Morgan fingerprint density at radius 1 is 1.26 bits per heavy atom. The zero-order valence-corrected chi connectivity index (χ0v) is 13.2. The van der Waals surface area contributed by atoms with Gasteiger partial charge in [0.05, 0.1) is 5.69 Å². The van der Waals surface area contributed by atoms with Crippen LogP contribution in [0.2, 0.25) is 0 Å². The molecular weight excluding hydrogens is 286 g/mol. The fourth-order valence-corrected chi connectivity index (χ4v) is 2.45. The number of fused-ring (bicyclic) bond motifs is 1. The van der Waals surface area contributed by atoms with Gasteiger partial charge >= 0.3 is 0 Å². The molecule has 0 radical (unpaired) electrons. The predicted octanol–water partition coefficient (Wildman–Crippen LogP) is 2.87. The van der Waals surface area contributed by atoms with Crippen LogP contribution in [0.3, 0.4) is 0 Å². The third-order valence-electron chi connectivity index (χ3n) is 3.67. The van der Waals surface area contributed by atoms with Crippen LogP contribution in [-0.2, 0) is 12.8 Å². The lowest BCUT2D eigenvalue weighted by molar-refractivity contribution is 0.934. The van der Waals surface area contributed by atoms with Crippen molar-refractivity contribution >= 4 is 17.3 Å². The summed E-state index contributed by atoms with van der Waals surface area (Å²) in [6, 6.07) is 14.2. The van der Waals surface area contributed by atoms with Gasteiger partial charge in [-0.3, -0.25) is 4.99 Å². The highest BCUT2D eigenvalue weighted by Gasteiger charge is 2.01. The van der Waals surface area contributed by atoms with Gasteiger partial charge in [-0.05, 0) is 36.2 Å². The number of anilines is 1. The van der Waals surface area contributed by atoms with Gasteiger partial charge in [0.2, 0.25) is 0 Å². The number of rotatable bonds is 5. The van der Waals surface area contributed by atoms with Crippen LogP contribution in [-0.4, -0.2) is 21.9 Å². The summed E-state index contributed by atoms with van der Waals surface area (Å²) in [6.07, 6.45) is 5.78. The molecule has 0 aliphatic rings. The highest BCUT2D eigenvalue weighted by Crippen LogP contribution is 2.10. The number of nitrogens with one attached hydrogen (secondary N) is 1. The van der Waals surface area contributed by atoms with E-state index < -0.39 is 0 Å². The molecule has 0 saturated heterocycles. The van der Waals surface area contributed by atoms with E-state index in [4.69, 9.17) is 5.73 Å². The standard InChI is InChI=1S/C18H21N5/c1-2-14-6-5-7-15(12-14)22-18(19)20-10-9-16-13-23-11-4-3-8-17(23)21-16/h3-8,11-13H,2,9-10H2,1H3,(H3,19,20,22). The molecule has 3 aromatic rings. The first-order chi connectivity index (χ1) is 11.2. The van der Waals surface area contributed by atoms with Crippen LogP contribution < -0.4 is 11.1 Å². The second-order valence-corrected chi connectivity index (χ2v) is 5.39. The fraction of sp³-hybridized carbons (Fsp3) is 0.222. The van der Waals surface area contributed by atoms with E-state index in [1.165, 1.54) is 5.56 Å². The Balaban J connectivity index is 1.58. The number of benzene rings is 1. The Labute approximate surface area is 135 Å². The van der Waals surface area contributed by atoms with Crippen molar-refractivity contribution in [3.63, 3.8) is 0 Å². The number of guanidine groups is 1. The monoisotopic (exact) mass is 307 g/mol. The molecule has 0 aliphatic heterocycles. The molecule has 0 saturated carbocycles. The van der Waals surface area contributed by atoms with E-state index in [1.807, 2.05) is 47.1 Å². The van der Waals surface area contributed by atoms with Crippen molar-refractivity contribution < 1.29 is 0 Å². The molecular formula is C18H21N5. The second-order valence-electron chi connectivity index (χ2n) is 5.39. The zero-order valence-electron chi connectivity index (χ0n) is 13.2. The lowest BCUT2D eigenvalue weighted by atomic mass is 10.1. The second kappa shape index (κ2) is 6.96. The molecule has 0 aliphatic carbocycles. The van der Waals surface area contributed by atoms with E-state index in [9.17, 15) is 0 Å². The van der Waals surface area contributed by atoms with Gasteiger partial charge in [-0.15, -0.1) is 0 Å². The smallest absolute Gasteiger partial charge is 0.193 e. The number of imidazole rings is 1. The number of aliphatic imine (C=N–C) groups is 1. The Morgan fingerprint density at radius 2 is 2.17 bits per heavy atom. The van der Waals surface area contributed by atoms with Crippen molar-refractivity contribution in [2.75, 3.05) is 11.9 Å². The quantitative estimate of drug-likeness (QED) is 0.562. The molecule has 1 aromatic carbocycles. The summed E-state index contributed by atoms with van der Waals surface area (Å²) in [5.41, 5.74) is 10.2. The molecule has 5 nitrogen and oxygen atoms in total. The van der Waals surface area contributed by atoms with Crippen LogP contribution >= 0.6 is 0 Å². The molecule has 3 N–H and O–H groups in total. The SMILES string of the molecule is CCc1cccc(NC(N)=NCCc2cn3ccccc3n2)c1. The average molecular weight is 307 g/mol. The van der Waals surface area contributed by atoms with Crippen LogP contribution in [0, 0.1) is 0 Å². The van der Waals surface area contributed by atoms with E-state index in [0.717, 1.165) is 29.9 Å². The molecule has 2 aromatic heterocycles. The number of nitrogens with two attached hydrogens (primary N) is 1. The van der Waals surface area contributed by atoms with Gasteiger partial charge in [-0.25, -0.2) is 4.98 Å². The normalized spacial score (nSPS) is 11.8. The number of aryl methyl sites for hydroxylation is 1. The number of nitrogens with zero attached hydrogens (tertiary/aromatic N) is 3.